The number of carbonyl (C=O) groups is 2. The van der Waals surface area contributed by atoms with Gasteiger partial charge in [-0.05, 0) is 30.5 Å². The molecule has 1 atom stereocenters. The van der Waals surface area contributed by atoms with E-state index in [0.717, 1.165) is 12.0 Å². The summed E-state index contributed by atoms with van der Waals surface area (Å²) in [4.78, 5) is 26.4. The van der Waals surface area contributed by atoms with Crippen molar-refractivity contribution in [3.63, 3.8) is 0 Å². The van der Waals surface area contributed by atoms with Crippen LogP contribution < -0.4 is 0 Å². The number of carboxylic acids is 1. The van der Waals surface area contributed by atoms with Crippen molar-refractivity contribution in [3.05, 3.63) is 34.9 Å². The molecule has 2 amide bonds. The Bertz CT molecular complexity index is 504. The van der Waals surface area contributed by atoms with Gasteiger partial charge in [0.15, 0.2) is 0 Å². The van der Waals surface area contributed by atoms with Gasteiger partial charge in [-0.2, -0.15) is 0 Å². The number of urea groups is 1. The Labute approximate surface area is 122 Å². The highest BCUT2D eigenvalue weighted by Crippen LogP contribution is 2.20. The van der Waals surface area contributed by atoms with Crippen LogP contribution in [0, 0.1) is 0 Å². The predicted octanol–water partition coefficient (Wildman–Crippen LogP) is 2.44. The molecule has 0 saturated carbocycles. The smallest absolute Gasteiger partial charge is 0.326 e. The average Bonchev–Trinajstić information content (AvgIpc) is 2.90. The minimum Gasteiger partial charge on any atom is -0.480 e. The highest BCUT2D eigenvalue weighted by molar-refractivity contribution is 6.30. The maximum Gasteiger partial charge on any atom is 0.326 e. The number of amides is 2. The van der Waals surface area contributed by atoms with Crippen molar-refractivity contribution in [3.8, 4) is 0 Å². The molecular weight excluding hydrogens is 280 g/mol. The van der Waals surface area contributed by atoms with E-state index in [1.165, 1.54) is 9.80 Å². The Kier molecular flexibility index (Phi) is 4.49. The van der Waals surface area contributed by atoms with Crippen LogP contribution in [0.25, 0.3) is 0 Å². The molecule has 108 valence electrons. The molecule has 0 spiro atoms. The van der Waals surface area contributed by atoms with Crippen molar-refractivity contribution in [1.29, 1.82) is 0 Å². The monoisotopic (exact) mass is 296 g/mol. The topological polar surface area (TPSA) is 60.9 Å². The summed E-state index contributed by atoms with van der Waals surface area (Å²) in [7, 11) is 1.67. The molecule has 5 nitrogen and oxygen atoms in total. The number of rotatable bonds is 3. The number of nitrogens with zero attached hydrogens (tertiary/aromatic N) is 2. The minimum atomic E-state index is -0.934. The van der Waals surface area contributed by atoms with Gasteiger partial charge in [-0.25, -0.2) is 9.59 Å². The molecule has 1 fully saturated rings. The van der Waals surface area contributed by atoms with Crippen molar-refractivity contribution >= 4 is 23.6 Å². The summed E-state index contributed by atoms with van der Waals surface area (Å²) in [6.07, 6.45) is 1.26. The van der Waals surface area contributed by atoms with Crippen LogP contribution in [0.5, 0.6) is 0 Å². The molecule has 1 N–H and O–H groups in total. The van der Waals surface area contributed by atoms with Crippen molar-refractivity contribution in [1.82, 2.24) is 9.80 Å². The summed E-state index contributed by atoms with van der Waals surface area (Å²) in [5.41, 5.74) is 0.955. The number of carboxylic acid groups (broad SMARTS) is 1. The molecule has 1 saturated heterocycles. The second-order valence-corrected chi connectivity index (χ2v) is 5.39. The van der Waals surface area contributed by atoms with E-state index in [2.05, 4.69) is 0 Å². The molecule has 0 bridgehead atoms. The predicted molar refractivity (Wildman–Crippen MR) is 75.7 cm³/mol. The van der Waals surface area contributed by atoms with Gasteiger partial charge in [0.1, 0.15) is 6.04 Å². The van der Waals surface area contributed by atoms with Crippen LogP contribution in [-0.4, -0.2) is 46.5 Å². The van der Waals surface area contributed by atoms with Crippen molar-refractivity contribution in [2.24, 2.45) is 0 Å². The van der Waals surface area contributed by atoms with Crippen LogP contribution in [0.4, 0.5) is 4.79 Å². The van der Waals surface area contributed by atoms with E-state index in [0.29, 0.717) is 24.5 Å². The van der Waals surface area contributed by atoms with E-state index in [1.807, 2.05) is 12.1 Å². The van der Waals surface area contributed by atoms with Gasteiger partial charge in [-0.3, -0.25) is 0 Å². The Morgan fingerprint density at radius 2 is 2.05 bits per heavy atom. The first-order chi connectivity index (χ1) is 9.49. The maximum absolute atomic E-state index is 12.3. The molecule has 2 rings (SSSR count). The van der Waals surface area contributed by atoms with E-state index in [4.69, 9.17) is 16.7 Å². The third kappa shape index (κ3) is 3.22. The fourth-order valence-corrected chi connectivity index (χ4v) is 2.53. The number of hydrogen-bond acceptors (Lipinski definition) is 2. The molecule has 1 heterocycles. The molecule has 1 aliphatic heterocycles. The number of likely N-dealkylation sites (tertiary alicyclic amines) is 1. The highest BCUT2D eigenvalue weighted by Gasteiger charge is 2.35. The summed E-state index contributed by atoms with van der Waals surface area (Å²) < 4.78 is 0. The molecule has 0 unspecified atom stereocenters. The molecular formula is C14H17ClN2O3. The summed E-state index contributed by atoms with van der Waals surface area (Å²) in [6.45, 7) is 0.930. The molecule has 0 radical (unpaired) electrons. The largest absolute Gasteiger partial charge is 0.480 e. The molecule has 6 heteroatoms. The van der Waals surface area contributed by atoms with Crippen LogP contribution in [0.1, 0.15) is 18.4 Å². The van der Waals surface area contributed by atoms with Gasteiger partial charge < -0.3 is 14.9 Å². The Morgan fingerprint density at radius 1 is 1.40 bits per heavy atom. The van der Waals surface area contributed by atoms with Crippen LogP contribution in [0.3, 0.4) is 0 Å². The maximum atomic E-state index is 12.3. The Hall–Kier alpha value is -1.75. The van der Waals surface area contributed by atoms with E-state index < -0.39 is 12.0 Å². The number of halogens is 1. The van der Waals surface area contributed by atoms with Crippen LogP contribution in [0.15, 0.2) is 24.3 Å². The van der Waals surface area contributed by atoms with E-state index in [1.54, 1.807) is 19.2 Å². The zero-order valence-corrected chi connectivity index (χ0v) is 12.0. The second-order valence-electron chi connectivity index (χ2n) is 4.95. The van der Waals surface area contributed by atoms with Crippen molar-refractivity contribution in [2.45, 2.75) is 25.4 Å². The molecule has 1 aliphatic rings. The van der Waals surface area contributed by atoms with Gasteiger partial charge in [-0.15, -0.1) is 0 Å². The number of benzene rings is 1. The molecule has 0 aromatic heterocycles. The summed E-state index contributed by atoms with van der Waals surface area (Å²) in [6, 6.07) is 6.30. The first-order valence-corrected chi connectivity index (χ1v) is 6.86. The van der Waals surface area contributed by atoms with Crippen LogP contribution in [0.2, 0.25) is 5.02 Å². The summed E-state index contributed by atoms with van der Waals surface area (Å²) in [5.74, 6) is -0.934. The first-order valence-electron chi connectivity index (χ1n) is 6.48. The average molecular weight is 297 g/mol. The van der Waals surface area contributed by atoms with Crippen molar-refractivity contribution < 1.29 is 14.7 Å². The second kappa shape index (κ2) is 6.13. The number of aliphatic carboxylic acids is 1. The molecule has 20 heavy (non-hydrogen) atoms. The Morgan fingerprint density at radius 3 is 2.65 bits per heavy atom. The fourth-order valence-electron chi connectivity index (χ4n) is 2.40. The summed E-state index contributed by atoms with van der Waals surface area (Å²) in [5, 5.41) is 9.75. The lowest BCUT2D eigenvalue weighted by Gasteiger charge is -2.27. The lowest BCUT2D eigenvalue weighted by molar-refractivity contribution is -0.141. The third-order valence-corrected chi connectivity index (χ3v) is 3.70. The van der Waals surface area contributed by atoms with E-state index in [9.17, 15) is 9.59 Å². The van der Waals surface area contributed by atoms with Gasteiger partial charge >= 0.3 is 12.0 Å². The zero-order valence-electron chi connectivity index (χ0n) is 11.3. The van der Waals surface area contributed by atoms with Gasteiger partial charge in [0, 0.05) is 25.2 Å². The van der Waals surface area contributed by atoms with Crippen LogP contribution >= 0.6 is 11.6 Å². The SMILES string of the molecule is CN(Cc1ccc(Cl)cc1)C(=O)N1CCC[C@@H]1C(=O)O. The lowest BCUT2D eigenvalue weighted by Crippen LogP contribution is -2.46. The van der Waals surface area contributed by atoms with Gasteiger partial charge in [0.2, 0.25) is 0 Å². The number of hydrogen-bond donors (Lipinski definition) is 1. The fraction of sp³-hybridized carbons (Fsp3) is 0.429. The minimum absolute atomic E-state index is 0.246. The normalized spacial score (nSPS) is 18.1. The standard InChI is InChI=1S/C14H17ClN2O3/c1-16(9-10-4-6-11(15)7-5-10)14(20)17-8-2-3-12(17)13(18)19/h4-7,12H,2-3,8-9H2,1H3,(H,18,19)/t12-/m1/s1. The Balaban J connectivity index is 2.01. The highest BCUT2D eigenvalue weighted by atomic mass is 35.5. The van der Waals surface area contributed by atoms with E-state index >= 15 is 0 Å². The summed E-state index contributed by atoms with van der Waals surface area (Å²) >= 11 is 5.81. The quantitative estimate of drug-likeness (QED) is 0.932. The van der Waals surface area contributed by atoms with Gasteiger partial charge in [0.25, 0.3) is 0 Å². The number of carbonyl (C=O) groups excluding carboxylic acids is 1. The molecule has 1 aromatic carbocycles. The van der Waals surface area contributed by atoms with Gasteiger partial charge in [0.05, 0.1) is 0 Å². The third-order valence-electron chi connectivity index (χ3n) is 3.44. The first kappa shape index (κ1) is 14.7. The molecule has 0 aliphatic carbocycles. The van der Waals surface area contributed by atoms with Crippen molar-refractivity contribution in [2.75, 3.05) is 13.6 Å². The lowest BCUT2D eigenvalue weighted by atomic mass is 10.2. The van der Waals surface area contributed by atoms with Gasteiger partial charge in [-0.1, -0.05) is 23.7 Å². The zero-order chi connectivity index (χ0) is 14.7. The van der Waals surface area contributed by atoms with E-state index in [-0.39, 0.29) is 6.03 Å². The molecule has 1 aromatic rings. The van der Waals surface area contributed by atoms with Crippen LogP contribution in [-0.2, 0) is 11.3 Å².